The molecule has 0 fully saturated rings. The monoisotopic (exact) mass is 482 g/mol. The number of para-hydroxylation sites is 1. The molecule has 0 saturated heterocycles. The molecule has 0 bridgehead atoms. The maximum Gasteiger partial charge on any atom is 0.339 e. The molecule has 0 saturated carbocycles. The lowest BCUT2D eigenvalue weighted by atomic mass is 10.1. The summed E-state index contributed by atoms with van der Waals surface area (Å²) in [5, 5.41) is 2.72. The lowest BCUT2D eigenvalue weighted by molar-refractivity contribution is 0.0602. The third-order valence-electron chi connectivity index (χ3n) is 5.05. The first-order valence-electron chi connectivity index (χ1n) is 10.5. The number of benzene rings is 3. The van der Waals surface area contributed by atoms with E-state index in [0.29, 0.717) is 23.6 Å². The Bertz CT molecular complexity index is 1280. The minimum absolute atomic E-state index is 0.00751. The van der Waals surface area contributed by atoms with Crippen LogP contribution >= 0.6 is 0 Å². The summed E-state index contributed by atoms with van der Waals surface area (Å²) < 4.78 is 37.5. The molecule has 1 amide bonds. The molecule has 178 valence electrons. The molecule has 0 atom stereocenters. The molecule has 0 aliphatic rings. The van der Waals surface area contributed by atoms with Crippen LogP contribution in [0.5, 0.6) is 5.75 Å². The number of anilines is 1. The number of methoxy groups -OCH3 is 1. The van der Waals surface area contributed by atoms with Crippen molar-refractivity contribution in [3.05, 3.63) is 89.5 Å². The number of esters is 1. The van der Waals surface area contributed by atoms with Gasteiger partial charge < -0.3 is 14.8 Å². The number of hydrogen-bond acceptors (Lipinski definition) is 6. The summed E-state index contributed by atoms with van der Waals surface area (Å²) in [5.41, 5.74) is 1.33. The fraction of sp³-hybridized carbons (Fsp3) is 0.200. The maximum absolute atomic E-state index is 13.0. The standard InChI is InChI=1S/C25H26N2O6S/c1-4-33-23-15-14-18(24(28)26-22-13-9-8-12-21(22)25(29)32-3)16-19(23)17-27(2)34(30,31)20-10-6-5-7-11-20/h5-16H,4,17H2,1-3H3,(H,26,28). The lowest BCUT2D eigenvalue weighted by Gasteiger charge is -2.20. The van der Waals surface area contributed by atoms with Crippen molar-refractivity contribution in [1.82, 2.24) is 4.31 Å². The SMILES string of the molecule is CCOc1ccc(C(=O)Nc2ccccc2C(=O)OC)cc1CN(C)S(=O)(=O)c1ccccc1. The number of carbonyl (C=O) groups excluding carboxylic acids is 2. The summed E-state index contributed by atoms with van der Waals surface area (Å²) in [6.07, 6.45) is 0. The van der Waals surface area contributed by atoms with Crippen LogP contribution in [0.1, 0.15) is 33.2 Å². The predicted molar refractivity (Wildman–Crippen MR) is 128 cm³/mol. The van der Waals surface area contributed by atoms with Gasteiger partial charge in [0.15, 0.2) is 0 Å². The topological polar surface area (TPSA) is 102 Å². The Morgan fingerprint density at radius 1 is 0.971 bits per heavy atom. The Labute approximate surface area is 199 Å². The molecule has 0 radical (unpaired) electrons. The number of nitrogens with zero attached hydrogens (tertiary/aromatic N) is 1. The zero-order valence-electron chi connectivity index (χ0n) is 19.1. The van der Waals surface area contributed by atoms with Crippen LogP contribution in [0, 0.1) is 0 Å². The van der Waals surface area contributed by atoms with Crippen molar-refractivity contribution in [3.63, 3.8) is 0 Å². The van der Waals surface area contributed by atoms with Crippen molar-refractivity contribution < 1.29 is 27.5 Å². The second-order valence-corrected chi connectivity index (χ2v) is 9.37. The highest BCUT2D eigenvalue weighted by atomic mass is 32.2. The van der Waals surface area contributed by atoms with E-state index in [4.69, 9.17) is 9.47 Å². The Kier molecular flexibility index (Phi) is 8.04. The van der Waals surface area contributed by atoms with E-state index in [0.717, 1.165) is 0 Å². The van der Waals surface area contributed by atoms with Crippen molar-refractivity contribution in [2.75, 3.05) is 26.1 Å². The second-order valence-electron chi connectivity index (χ2n) is 7.32. The van der Waals surface area contributed by atoms with Crippen molar-refractivity contribution in [3.8, 4) is 5.75 Å². The predicted octanol–water partition coefficient (Wildman–Crippen LogP) is 3.94. The number of amides is 1. The molecule has 0 unspecified atom stereocenters. The van der Waals surface area contributed by atoms with E-state index in [-0.39, 0.29) is 22.6 Å². The van der Waals surface area contributed by atoms with Gasteiger partial charge in [-0.2, -0.15) is 4.31 Å². The average Bonchev–Trinajstić information content (AvgIpc) is 2.85. The Balaban J connectivity index is 1.89. The number of sulfonamides is 1. The first kappa shape index (κ1) is 24.9. The van der Waals surface area contributed by atoms with E-state index < -0.39 is 21.9 Å². The van der Waals surface area contributed by atoms with Crippen LogP contribution in [0.25, 0.3) is 0 Å². The summed E-state index contributed by atoms with van der Waals surface area (Å²) in [6, 6.07) is 19.4. The van der Waals surface area contributed by atoms with E-state index in [1.54, 1.807) is 60.7 Å². The van der Waals surface area contributed by atoms with Crippen LogP contribution in [0.2, 0.25) is 0 Å². The van der Waals surface area contributed by atoms with Crippen molar-refractivity contribution in [1.29, 1.82) is 0 Å². The smallest absolute Gasteiger partial charge is 0.339 e. The molecule has 3 aromatic carbocycles. The number of nitrogens with one attached hydrogen (secondary N) is 1. The molecule has 9 heteroatoms. The van der Waals surface area contributed by atoms with Crippen molar-refractivity contribution >= 4 is 27.6 Å². The summed E-state index contributed by atoms with van der Waals surface area (Å²) in [4.78, 5) is 25.1. The van der Waals surface area contributed by atoms with Gasteiger partial charge in [0.05, 0.1) is 29.9 Å². The van der Waals surface area contributed by atoms with Crippen LogP contribution in [0.3, 0.4) is 0 Å². The van der Waals surface area contributed by atoms with E-state index >= 15 is 0 Å². The first-order valence-corrected chi connectivity index (χ1v) is 12.0. The van der Waals surface area contributed by atoms with Crippen LogP contribution in [-0.2, 0) is 21.3 Å². The zero-order chi connectivity index (χ0) is 24.7. The number of carbonyl (C=O) groups is 2. The van der Waals surface area contributed by atoms with Gasteiger partial charge in [-0.25, -0.2) is 13.2 Å². The maximum atomic E-state index is 13.0. The molecule has 0 heterocycles. The van der Waals surface area contributed by atoms with Gasteiger partial charge in [0.2, 0.25) is 10.0 Å². The van der Waals surface area contributed by atoms with Gasteiger partial charge in [-0.3, -0.25) is 4.79 Å². The summed E-state index contributed by atoms with van der Waals surface area (Å²) in [5.74, 6) is -0.561. The Hall–Kier alpha value is -3.69. The number of hydrogen-bond donors (Lipinski definition) is 1. The fourth-order valence-electron chi connectivity index (χ4n) is 3.31. The highest BCUT2D eigenvalue weighted by molar-refractivity contribution is 7.89. The molecular formula is C25H26N2O6S. The quantitative estimate of drug-likeness (QED) is 0.464. The van der Waals surface area contributed by atoms with Gasteiger partial charge in [0.1, 0.15) is 5.75 Å². The van der Waals surface area contributed by atoms with E-state index in [1.165, 1.54) is 30.6 Å². The second kappa shape index (κ2) is 11.0. The molecule has 3 aromatic rings. The molecule has 34 heavy (non-hydrogen) atoms. The molecule has 1 N–H and O–H groups in total. The molecule has 3 rings (SSSR count). The minimum Gasteiger partial charge on any atom is -0.494 e. The van der Waals surface area contributed by atoms with Crippen molar-refractivity contribution in [2.45, 2.75) is 18.4 Å². The van der Waals surface area contributed by atoms with E-state index in [1.807, 2.05) is 6.92 Å². The third-order valence-corrected chi connectivity index (χ3v) is 6.87. The third kappa shape index (κ3) is 5.62. The molecule has 0 spiro atoms. The summed E-state index contributed by atoms with van der Waals surface area (Å²) >= 11 is 0. The fourth-order valence-corrected chi connectivity index (χ4v) is 4.48. The van der Waals surface area contributed by atoms with Crippen LogP contribution in [0.15, 0.2) is 77.7 Å². The molecule has 0 aliphatic heterocycles. The van der Waals surface area contributed by atoms with Gasteiger partial charge >= 0.3 is 5.97 Å². The molecule has 0 aliphatic carbocycles. The van der Waals surface area contributed by atoms with E-state index in [9.17, 15) is 18.0 Å². The van der Waals surface area contributed by atoms with Gasteiger partial charge in [-0.1, -0.05) is 30.3 Å². The molecule has 8 nitrogen and oxygen atoms in total. The molecule has 0 aromatic heterocycles. The largest absolute Gasteiger partial charge is 0.494 e. The minimum atomic E-state index is -3.74. The van der Waals surface area contributed by atoms with Gasteiger partial charge in [0, 0.05) is 24.7 Å². The average molecular weight is 483 g/mol. The van der Waals surface area contributed by atoms with Gasteiger partial charge in [-0.15, -0.1) is 0 Å². The number of rotatable bonds is 9. The van der Waals surface area contributed by atoms with Crippen LogP contribution in [0.4, 0.5) is 5.69 Å². The Morgan fingerprint density at radius 2 is 1.65 bits per heavy atom. The van der Waals surface area contributed by atoms with Crippen LogP contribution in [-0.4, -0.2) is 45.4 Å². The Morgan fingerprint density at radius 3 is 2.32 bits per heavy atom. The lowest BCUT2D eigenvalue weighted by Crippen LogP contribution is -2.27. The van der Waals surface area contributed by atoms with Gasteiger partial charge in [0.25, 0.3) is 5.91 Å². The summed E-state index contributed by atoms with van der Waals surface area (Å²) in [6.45, 7) is 2.19. The van der Waals surface area contributed by atoms with Crippen molar-refractivity contribution in [2.24, 2.45) is 0 Å². The highest BCUT2D eigenvalue weighted by Crippen LogP contribution is 2.25. The van der Waals surface area contributed by atoms with E-state index in [2.05, 4.69) is 5.32 Å². The first-order chi connectivity index (χ1) is 16.3. The summed E-state index contributed by atoms with van der Waals surface area (Å²) in [7, 11) is -1.01. The molecular weight excluding hydrogens is 456 g/mol. The zero-order valence-corrected chi connectivity index (χ0v) is 20.0. The normalized spacial score (nSPS) is 11.2. The van der Waals surface area contributed by atoms with Gasteiger partial charge in [-0.05, 0) is 49.4 Å². The highest BCUT2D eigenvalue weighted by Gasteiger charge is 2.23. The number of ether oxygens (including phenoxy) is 2. The van der Waals surface area contributed by atoms with Crippen LogP contribution < -0.4 is 10.1 Å².